The fourth-order valence-corrected chi connectivity index (χ4v) is 7.93. The van der Waals surface area contributed by atoms with E-state index in [4.69, 9.17) is 5.73 Å². The Morgan fingerprint density at radius 2 is 2.08 bits per heavy atom. The van der Waals surface area contributed by atoms with E-state index in [0.717, 1.165) is 38.5 Å². The van der Waals surface area contributed by atoms with Gasteiger partial charge in [-0.15, -0.1) is 0 Å². The number of nitrogens with two attached hydrogens (primary N) is 1. The van der Waals surface area contributed by atoms with Gasteiger partial charge in [-0.25, -0.2) is 4.39 Å². The van der Waals surface area contributed by atoms with Gasteiger partial charge in [-0.2, -0.15) is 0 Å². The van der Waals surface area contributed by atoms with Crippen LogP contribution in [0.15, 0.2) is 36.0 Å². The molecule has 0 heterocycles. The molecule has 3 saturated carbocycles. The van der Waals surface area contributed by atoms with Crippen LogP contribution in [0.25, 0.3) is 0 Å². The topological polar surface area (TPSA) is 26.0 Å². The highest BCUT2D eigenvalue weighted by Gasteiger charge is 2.70. The van der Waals surface area contributed by atoms with E-state index >= 15 is 4.39 Å². The summed E-state index contributed by atoms with van der Waals surface area (Å²) in [4.78, 5) is 0. The van der Waals surface area contributed by atoms with Crippen LogP contribution in [0.2, 0.25) is 0 Å². The lowest BCUT2D eigenvalue weighted by molar-refractivity contribution is -0.136. The second-order valence-electron chi connectivity index (χ2n) is 10.1. The molecule has 2 heteroatoms. The van der Waals surface area contributed by atoms with Crippen molar-refractivity contribution in [1.82, 2.24) is 0 Å². The molecule has 0 saturated heterocycles. The molecular weight excluding hydrogens is 321 g/mol. The van der Waals surface area contributed by atoms with Crippen molar-refractivity contribution in [3.05, 3.63) is 36.0 Å². The predicted octanol–water partition coefficient (Wildman–Crippen LogP) is 5.97. The lowest BCUT2D eigenvalue weighted by Gasteiger charge is -2.62. The fourth-order valence-electron chi connectivity index (χ4n) is 7.93. The normalized spacial score (nSPS) is 52.7. The van der Waals surface area contributed by atoms with Gasteiger partial charge in [0.05, 0.1) is 0 Å². The van der Waals surface area contributed by atoms with Crippen molar-refractivity contribution < 1.29 is 4.39 Å². The summed E-state index contributed by atoms with van der Waals surface area (Å²) in [6.07, 6.45) is 12.4. The fraction of sp³-hybridized carbons (Fsp3) is 0.750. The average molecular weight is 358 g/mol. The molecule has 0 aromatic heterocycles. The minimum Gasteiger partial charge on any atom is -0.325 e. The third-order valence-electron chi connectivity index (χ3n) is 9.01. The summed E-state index contributed by atoms with van der Waals surface area (Å²) in [6, 6.07) is -0.400. The van der Waals surface area contributed by atoms with Crippen molar-refractivity contribution >= 4 is 0 Å². The average Bonchev–Trinajstić information content (AvgIpc) is 2.85. The van der Waals surface area contributed by atoms with E-state index in [9.17, 15) is 0 Å². The van der Waals surface area contributed by atoms with Crippen molar-refractivity contribution in [3.8, 4) is 0 Å². The van der Waals surface area contributed by atoms with Gasteiger partial charge in [-0.05, 0) is 74.5 Å². The molecule has 0 aromatic carbocycles. The molecule has 144 valence electrons. The Bertz CT molecular complexity index is 678. The van der Waals surface area contributed by atoms with Gasteiger partial charge in [0.1, 0.15) is 5.67 Å². The van der Waals surface area contributed by atoms with Gasteiger partial charge < -0.3 is 5.73 Å². The minimum absolute atomic E-state index is 0.0678. The number of hydrogen-bond acceptors (Lipinski definition) is 1. The van der Waals surface area contributed by atoms with E-state index in [1.165, 1.54) is 11.1 Å². The van der Waals surface area contributed by atoms with Gasteiger partial charge in [0.15, 0.2) is 0 Å². The van der Waals surface area contributed by atoms with E-state index in [2.05, 4.69) is 52.5 Å². The number of rotatable bonds is 2. The summed E-state index contributed by atoms with van der Waals surface area (Å²) in [5.41, 5.74) is 7.64. The van der Waals surface area contributed by atoms with Crippen LogP contribution in [0.1, 0.15) is 66.2 Å². The van der Waals surface area contributed by atoms with Gasteiger partial charge >= 0.3 is 0 Å². The molecule has 0 aromatic rings. The molecular formula is C24H36FN. The summed E-state index contributed by atoms with van der Waals surface area (Å²) in [5, 5.41) is 0. The lowest BCUT2D eigenvalue weighted by atomic mass is 9.44. The van der Waals surface area contributed by atoms with Crippen LogP contribution < -0.4 is 5.73 Å². The molecule has 26 heavy (non-hydrogen) atoms. The third kappa shape index (κ3) is 2.06. The number of fused-ring (bicyclic) bond motifs is 5. The lowest BCUT2D eigenvalue weighted by Crippen LogP contribution is -2.68. The van der Waals surface area contributed by atoms with Crippen LogP contribution in [0.3, 0.4) is 0 Å². The Labute approximate surface area is 159 Å². The largest absolute Gasteiger partial charge is 0.325 e. The van der Waals surface area contributed by atoms with E-state index in [0.29, 0.717) is 17.8 Å². The van der Waals surface area contributed by atoms with Gasteiger partial charge in [0, 0.05) is 11.5 Å². The number of alkyl halides is 1. The quantitative estimate of drug-likeness (QED) is 0.605. The van der Waals surface area contributed by atoms with Crippen molar-refractivity contribution in [1.29, 1.82) is 0 Å². The molecule has 4 rings (SSSR count). The second kappa shape index (κ2) is 5.80. The highest BCUT2D eigenvalue weighted by Crippen LogP contribution is 2.70. The molecule has 8 unspecified atom stereocenters. The highest BCUT2D eigenvalue weighted by atomic mass is 19.1. The predicted molar refractivity (Wildman–Crippen MR) is 107 cm³/mol. The molecule has 0 amide bonds. The summed E-state index contributed by atoms with van der Waals surface area (Å²) < 4.78 is 17.0. The number of halogens is 1. The Morgan fingerprint density at radius 1 is 1.35 bits per heavy atom. The zero-order valence-electron chi connectivity index (χ0n) is 17.0. The Morgan fingerprint density at radius 3 is 2.77 bits per heavy atom. The molecule has 2 N–H and O–H groups in total. The molecule has 0 bridgehead atoms. The van der Waals surface area contributed by atoms with Crippen LogP contribution in [-0.2, 0) is 0 Å². The van der Waals surface area contributed by atoms with Crippen molar-refractivity contribution in [2.75, 3.05) is 0 Å². The molecule has 0 radical (unpaired) electrons. The Kier molecular flexibility index (Phi) is 4.12. The first kappa shape index (κ1) is 18.5. The van der Waals surface area contributed by atoms with Gasteiger partial charge in [-0.1, -0.05) is 56.7 Å². The molecule has 4 aliphatic rings. The molecule has 1 nitrogen and oxygen atoms in total. The number of allylic oxidation sites excluding steroid dienone is 5. The first-order chi connectivity index (χ1) is 12.2. The van der Waals surface area contributed by atoms with E-state index in [1.54, 1.807) is 0 Å². The van der Waals surface area contributed by atoms with Crippen molar-refractivity contribution in [3.63, 3.8) is 0 Å². The Hall–Kier alpha value is -0.890. The van der Waals surface area contributed by atoms with Crippen LogP contribution in [-0.4, -0.2) is 11.7 Å². The second-order valence-corrected chi connectivity index (χ2v) is 10.1. The van der Waals surface area contributed by atoms with Crippen LogP contribution in [0, 0.1) is 34.5 Å². The summed E-state index contributed by atoms with van der Waals surface area (Å²) >= 11 is 0. The molecule has 3 fully saturated rings. The zero-order chi connectivity index (χ0) is 18.9. The van der Waals surface area contributed by atoms with Crippen LogP contribution in [0.4, 0.5) is 4.39 Å². The monoisotopic (exact) mass is 357 g/mol. The maximum absolute atomic E-state index is 17.0. The summed E-state index contributed by atoms with van der Waals surface area (Å²) in [5.74, 6) is 1.56. The molecule has 0 spiro atoms. The maximum Gasteiger partial charge on any atom is 0.141 e. The smallest absolute Gasteiger partial charge is 0.141 e. The van der Waals surface area contributed by atoms with Gasteiger partial charge in [0.2, 0.25) is 0 Å². The molecule has 8 atom stereocenters. The third-order valence-corrected chi connectivity index (χ3v) is 9.01. The first-order valence-corrected chi connectivity index (χ1v) is 10.7. The molecule has 4 aliphatic carbocycles. The van der Waals surface area contributed by atoms with Gasteiger partial charge in [-0.3, -0.25) is 0 Å². The van der Waals surface area contributed by atoms with Crippen molar-refractivity contribution in [2.24, 2.45) is 40.2 Å². The summed E-state index contributed by atoms with van der Waals surface area (Å²) in [6.45, 7) is 13.5. The van der Waals surface area contributed by atoms with Crippen LogP contribution >= 0.6 is 0 Å². The standard InChI is InChI=1S/C24H36FN/c1-6-15(2)21-16(3)13-19-18-11-10-17-9-7-8-12-23(17,5)24(18,25)20(26)14-22(19,21)4/h8-9,12,16,18-21H,2,6-7,10-11,13-14,26H2,1,3-5H3. The van der Waals surface area contributed by atoms with Crippen molar-refractivity contribution in [2.45, 2.75) is 77.9 Å². The van der Waals surface area contributed by atoms with E-state index in [-0.39, 0.29) is 11.3 Å². The number of hydrogen-bond donors (Lipinski definition) is 1. The zero-order valence-corrected chi connectivity index (χ0v) is 17.0. The SMILES string of the molecule is C=C(CC)C1C(C)CC2C3CCC4=CCC=CC4(C)C3(F)C(N)CC21C. The maximum atomic E-state index is 17.0. The minimum atomic E-state index is -1.32. The Balaban J connectivity index is 1.80. The van der Waals surface area contributed by atoms with Gasteiger partial charge in [0.25, 0.3) is 0 Å². The highest BCUT2D eigenvalue weighted by molar-refractivity contribution is 5.38. The van der Waals surface area contributed by atoms with Crippen LogP contribution in [0.5, 0.6) is 0 Å². The first-order valence-electron chi connectivity index (χ1n) is 10.7. The van der Waals surface area contributed by atoms with E-state index < -0.39 is 17.1 Å². The van der Waals surface area contributed by atoms with E-state index in [1.807, 2.05) is 0 Å². The molecule has 0 aliphatic heterocycles. The summed E-state index contributed by atoms with van der Waals surface area (Å²) in [7, 11) is 0.